The maximum atomic E-state index is 13.3. The fourth-order valence-corrected chi connectivity index (χ4v) is 5.38. The second kappa shape index (κ2) is 10.0. The minimum atomic E-state index is -0.472. The van der Waals surface area contributed by atoms with Crippen molar-refractivity contribution in [1.82, 2.24) is 0 Å². The van der Waals surface area contributed by atoms with E-state index in [0.29, 0.717) is 39.3 Å². The molecule has 0 amide bonds. The van der Waals surface area contributed by atoms with E-state index < -0.39 is 11.2 Å². The molecule has 9 heteroatoms. The Kier molecular flexibility index (Phi) is 6.34. The van der Waals surface area contributed by atoms with Gasteiger partial charge in [0, 0.05) is 41.0 Å². The van der Waals surface area contributed by atoms with Crippen LogP contribution < -0.4 is 14.9 Å². The molecule has 1 aromatic heterocycles. The summed E-state index contributed by atoms with van der Waals surface area (Å²) in [7, 11) is 2.88. The van der Waals surface area contributed by atoms with Crippen LogP contribution in [0.3, 0.4) is 0 Å². The number of ether oxygens (including phenoxy) is 2. The van der Waals surface area contributed by atoms with E-state index in [9.17, 15) is 30.0 Å². The number of aromatic hydroxyl groups is 4. The third kappa shape index (κ3) is 4.37. The van der Waals surface area contributed by atoms with Crippen LogP contribution >= 0.6 is 0 Å². The van der Waals surface area contributed by atoms with E-state index in [1.807, 2.05) is 0 Å². The number of phenols is 4. The van der Waals surface area contributed by atoms with Crippen molar-refractivity contribution in [1.29, 1.82) is 0 Å². The third-order valence-electron chi connectivity index (χ3n) is 7.30. The van der Waals surface area contributed by atoms with E-state index in [-0.39, 0.29) is 57.3 Å². The van der Waals surface area contributed by atoms with Gasteiger partial charge in [-0.3, -0.25) is 9.59 Å². The predicted molar refractivity (Wildman–Crippen MR) is 156 cm³/mol. The number of methoxy groups -OCH3 is 2. The number of carbonyl (C=O) groups is 1. The van der Waals surface area contributed by atoms with Crippen LogP contribution in [-0.4, -0.2) is 40.4 Å². The Morgan fingerprint density at radius 3 is 2.29 bits per heavy atom. The Labute approximate surface area is 238 Å². The number of rotatable bonds is 5. The van der Waals surface area contributed by atoms with Crippen molar-refractivity contribution >= 4 is 22.3 Å². The first-order valence-electron chi connectivity index (χ1n) is 12.8. The summed E-state index contributed by atoms with van der Waals surface area (Å²) in [6, 6.07) is 16.6. The van der Waals surface area contributed by atoms with Crippen molar-refractivity contribution in [3.63, 3.8) is 0 Å². The van der Waals surface area contributed by atoms with Gasteiger partial charge < -0.3 is 34.3 Å². The summed E-state index contributed by atoms with van der Waals surface area (Å²) in [5, 5.41) is 42.2. The summed E-state index contributed by atoms with van der Waals surface area (Å²) in [6.07, 6.45) is 1.55. The summed E-state index contributed by atoms with van der Waals surface area (Å²) >= 11 is 0. The SMILES string of the molecule is COc1cc(O)c2c(=O)cc(-c3ccc(OC)c(-c4c(O)cc(O)c5c4CC(c4cccc(O)c4)=CC5=O)c3)oc2c1. The summed E-state index contributed by atoms with van der Waals surface area (Å²) in [4.78, 5) is 26.2. The van der Waals surface area contributed by atoms with Gasteiger partial charge in [-0.2, -0.15) is 0 Å². The molecule has 0 unspecified atom stereocenters. The van der Waals surface area contributed by atoms with Gasteiger partial charge in [-0.25, -0.2) is 0 Å². The van der Waals surface area contributed by atoms with Crippen molar-refractivity contribution in [3.05, 3.63) is 99.7 Å². The average Bonchev–Trinajstić information content (AvgIpc) is 2.96. The molecule has 6 rings (SSSR count). The Morgan fingerprint density at radius 2 is 1.55 bits per heavy atom. The number of hydrogen-bond donors (Lipinski definition) is 4. The number of hydrogen-bond acceptors (Lipinski definition) is 9. The van der Waals surface area contributed by atoms with Gasteiger partial charge >= 0.3 is 0 Å². The number of benzene rings is 4. The Morgan fingerprint density at radius 1 is 0.762 bits per heavy atom. The predicted octanol–water partition coefficient (Wildman–Crippen LogP) is 5.79. The molecule has 0 fully saturated rings. The van der Waals surface area contributed by atoms with E-state index >= 15 is 0 Å². The normalized spacial score (nSPS) is 12.6. The number of ketones is 1. The van der Waals surface area contributed by atoms with Gasteiger partial charge in [-0.15, -0.1) is 0 Å². The molecule has 42 heavy (non-hydrogen) atoms. The number of allylic oxidation sites excluding steroid dienone is 2. The molecule has 0 spiro atoms. The molecule has 1 heterocycles. The minimum Gasteiger partial charge on any atom is -0.508 e. The second-order valence-electron chi connectivity index (χ2n) is 9.81. The lowest BCUT2D eigenvalue weighted by molar-refractivity contribution is 0.104. The van der Waals surface area contributed by atoms with E-state index in [4.69, 9.17) is 13.9 Å². The zero-order chi connectivity index (χ0) is 29.7. The van der Waals surface area contributed by atoms with Crippen LogP contribution in [0.25, 0.3) is 39.0 Å². The largest absolute Gasteiger partial charge is 0.508 e. The molecule has 210 valence electrons. The number of fused-ring (bicyclic) bond motifs is 2. The quantitative estimate of drug-likeness (QED) is 0.208. The van der Waals surface area contributed by atoms with Crippen LogP contribution in [0.1, 0.15) is 21.5 Å². The van der Waals surface area contributed by atoms with E-state index in [1.54, 1.807) is 30.3 Å². The molecule has 4 N–H and O–H groups in total. The fourth-order valence-electron chi connectivity index (χ4n) is 5.38. The zero-order valence-corrected chi connectivity index (χ0v) is 22.5. The Hall–Kier alpha value is -5.70. The van der Waals surface area contributed by atoms with Crippen molar-refractivity contribution < 1.29 is 39.1 Å². The highest BCUT2D eigenvalue weighted by molar-refractivity contribution is 6.15. The van der Waals surface area contributed by atoms with Crippen LogP contribution in [0, 0.1) is 0 Å². The summed E-state index contributed by atoms with van der Waals surface area (Å²) in [5.41, 5.74) is 2.32. The van der Waals surface area contributed by atoms with E-state index in [2.05, 4.69) is 0 Å². The molecule has 0 saturated heterocycles. The fraction of sp³-hybridized carbons (Fsp3) is 0.0909. The molecule has 0 bridgehead atoms. The minimum absolute atomic E-state index is 0.00307. The lowest BCUT2D eigenvalue weighted by Crippen LogP contribution is -2.12. The maximum Gasteiger partial charge on any atom is 0.197 e. The molecule has 4 aromatic carbocycles. The average molecular weight is 565 g/mol. The number of phenolic OH excluding ortho intramolecular Hbond substituents is 4. The lowest BCUT2D eigenvalue weighted by Gasteiger charge is -2.23. The number of carbonyl (C=O) groups excluding carboxylic acids is 1. The topological polar surface area (TPSA) is 147 Å². The van der Waals surface area contributed by atoms with Crippen LogP contribution in [0.5, 0.6) is 34.5 Å². The van der Waals surface area contributed by atoms with E-state index in [0.717, 1.165) is 6.07 Å². The highest BCUT2D eigenvalue weighted by atomic mass is 16.5. The van der Waals surface area contributed by atoms with Crippen LogP contribution in [-0.2, 0) is 6.42 Å². The first kappa shape index (κ1) is 26.5. The van der Waals surface area contributed by atoms with Crippen LogP contribution in [0.2, 0.25) is 0 Å². The van der Waals surface area contributed by atoms with Gasteiger partial charge in [0.1, 0.15) is 51.2 Å². The lowest BCUT2D eigenvalue weighted by atomic mass is 9.81. The molecule has 0 aliphatic heterocycles. The van der Waals surface area contributed by atoms with Gasteiger partial charge in [0.05, 0.1) is 19.8 Å². The summed E-state index contributed by atoms with van der Waals surface area (Å²) in [5.74, 6) is -0.538. The summed E-state index contributed by atoms with van der Waals surface area (Å²) in [6.45, 7) is 0. The van der Waals surface area contributed by atoms with Gasteiger partial charge in [0.15, 0.2) is 11.2 Å². The smallest absolute Gasteiger partial charge is 0.197 e. The van der Waals surface area contributed by atoms with Gasteiger partial charge in [0.2, 0.25) is 0 Å². The van der Waals surface area contributed by atoms with Gasteiger partial charge in [-0.1, -0.05) is 12.1 Å². The molecule has 1 aliphatic carbocycles. The molecule has 9 nitrogen and oxygen atoms in total. The van der Waals surface area contributed by atoms with E-state index in [1.165, 1.54) is 50.6 Å². The third-order valence-corrected chi connectivity index (χ3v) is 7.30. The molecule has 0 radical (unpaired) electrons. The molecule has 5 aromatic rings. The standard InChI is InChI=1S/C33H24O9/c1-40-20-12-24(36)33-27(39)15-29(42-30(33)13-20)17-6-7-28(41-2)21(9-17)31-22-10-18(16-4-3-5-19(34)8-16)11-23(35)32(22)26(38)14-25(31)37/h3-9,11-15,34,36-38H,10H2,1-2H3. The monoisotopic (exact) mass is 564 g/mol. The highest BCUT2D eigenvalue weighted by Crippen LogP contribution is 2.47. The summed E-state index contributed by atoms with van der Waals surface area (Å²) < 4.78 is 16.8. The van der Waals surface area contributed by atoms with Crippen molar-refractivity contribution in [2.45, 2.75) is 6.42 Å². The van der Waals surface area contributed by atoms with Crippen molar-refractivity contribution in [3.8, 4) is 56.9 Å². The maximum absolute atomic E-state index is 13.3. The molecule has 0 atom stereocenters. The molecule has 0 saturated carbocycles. The Bertz CT molecular complexity index is 2020. The van der Waals surface area contributed by atoms with Crippen molar-refractivity contribution in [2.24, 2.45) is 0 Å². The van der Waals surface area contributed by atoms with Gasteiger partial charge in [0.25, 0.3) is 0 Å². The van der Waals surface area contributed by atoms with Crippen LogP contribution in [0.4, 0.5) is 0 Å². The van der Waals surface area contributed by atoms with Gasteiger partial charge in [-0.05, 0) is 59.5 Å². The first-order valence-corrected chi connectivity index (χ1v) is 12.8. The molecule has 1 aliphatic rings. The molecular formula is C33H24O9. The zero-order valence-electron chi connectivity index (χ0n) is 22.5. The van der Waals surface area contributed by atoms with Crippen molar-refractivity contribution in [2.75, 3.05) is 14.2 Å². The first-order chi connectivity index (χ1) is 20.2. The highest BCUT2D eigenvalue weighted by Gasteiger charge is 2.29. The second-order valence-corrected chi connectivity index (χ2v) is 9.81. The Balaban J connectivity index is 1.55. The van der Waals surface area contributed by atoms with Crippen LogP contribution in [0.15, 0.2) is 82.0 Å². The molecular weight excluding hydrogens is 540 g/mol.